The molecule has 3 nitrogen and oxygen atoms in total. The summed E-state index contributed by atoms with van der Waals surface area (Å²) in [6.45, 7) is 2.22. The van der Waals surface area contributed by atoms with Crippen LogP contribution in [0.3, 0.4) is 0 Å². The number of carboxylic acids is 1. The maximum absolute atomic E-state index is 10.6. The van der Waals surface area contributed by atoms with E-state index in [9.17, 15) is 9.90 Å². The first kappa shape index (κ1) is 10.1. The summed E-state index contributed by atoms with van der Waals surface area (Å²) < 4.78 is 5.91. The van der Waals surface area contributed by atoms with E-state index in [-0.39, 0.29) is 5.56 Å². The normalized spacial score (nSPS) is 9.69. The molecule has 0 aliphatic heterocycles. The van der Waals surface area contributed by atoms with Crippen LogP contribution < -0.4 is 9.84 Å². The Morgan fingerprint density at radius 3 is 2.85 bits per heavy atom. The SMILES string of the molecule is CCOc1cc(Br)ccc1C(=O)[O-]. The molecular weight excluding hydrogens is 236 g/mol. The molecule has 13 heavy (non-hydrogen) atoms. The summed E-state index contributed by atoms with van der Waals surface area (Å²) in [5, 5.41) is 10.6. The second-order valence-corrected chi connectivity index (χ2v) is 3.28. The van der Waals surface area contributed by atoms with Gasteiger partial charge in [-0.2, -0.15) is 0 Å². The smallest absolute Gasteiger partial charge is 0.129 e. The summed E-state index contributed by atoms with van der Waals surface area (Å²) >= 11 is 3.22. The Morgan fingerprint density at radius 1 is 1.62 bits per heavy atom. The summed E-state index contributed by atoms with van der Waals surface area (Å²) in [6.07, 6.45) is 0. The average molecular weight is 244 g/mol. The van der Waals surface area contributed by atoms with Crippen molar-refractivity contribution in [2.45, 2.75) is 6.92 Å². The van der Waals surface area contributed by atoms with Crippen LogP contribution >= 0.6 is 15.9 Å². The third-order valence-corrected chi connectivity index (χ3v) is 1.96. The molecule has 0 saturated carbocycles. The summed E-state index contributed by atoms with van der Waals surface area (Å²) in [7, 11) is 0. The van der Waals surface area contributed by atoms with Crippen LogP contribution in [-0.2, 0) is 0 Å². The van der Waals surface area contributed by atoms with Gasteiger partial charge >= 0.3 is 0 Å². The highest BCUT2D eigenvalue weighted by atomic mass is 79.9. The van der Waals surface area contributed by atoms with E-state index in [1.54, 1.807) is 19.1 Å². The average Bonchev–Trinajstić information content (AvgIpc) is 2.04. The first-order valence-corrected chi connectivity index (χ1v) is 4.58. The van der Waals surface area contributed by atoms with E-state index < -0.39 is 5.97 Å². The van der Waals surface area contributed by atoms with Gasteiger partial charge in [0.25, 0.3) is 0 Å². The molecule has 0 spiro atoms. The van der Waals surface area contributed by atoms with Crippen molar-refractivity contribution in [3.05, 3.63) is 28.2 Å². The molecule has 0 saturated heterocycles. The Bertz CT molecular complexity index is 323. The Kier molecular flexibility index (Phi) is 3.31. The van der Waals surface area contributed by atoms with Crippen LogP contribution in [0, 0.1) is 0 Å². The molecule has 0 atom stereocenters. The monoisotopic (exact) mass is 243 g/mol. The predicted molar refractivity (Wildman–Crippen MR) is 49.6 cm³/mol. The van der Waals surface area contributed by atoms with Gasteiger partial charge in [0.2, 0.25) is 0 Å². The molecule has 4 heteroatoms. The van der Waals surface area contributed by atoms with Crippen molar-refractivity contribution in [3.8, 4) is 5.75 Å². The molecular formula is C9H8BrO3-. The van der Waals surface area contributed by atoms with Crippen molar-refractivity contribution in [2.24, 2.45) is 0 Å². The van der Waals surface area contributed by atoms with Gasteiger partial charge in [-0.05, 0) is 25.1 Å². The standard InChI is InChI=1S/C9H9BrO3/c1-2-13-8-5-6(10)3-4-7(8)9(11)12/h3-5H,2H2,1H3,(H,11,12)/p-1. The largest absolute Gasteiger partial charge is 0.545 e. The van der Waals surface area contributed by atoms with Gasteiger partial charge in [0.1, 0.15) is 5.75 Å². The van der Waals surface area contributed by atoms with Crippen molar-refractivity contribution in [1.29, 1.82) is 0 Å². The maximum atomic E-state index is 10.6. The molecule has 0 aliphatic carbocycles. The molecule has 1 aromatic carbocycles. The zero-order chi connectivity index (χ0) is 9.84. The van der Waals surface area contributed by atoms with Gasteiger partial charge in [-0.1, -0.05) is 15.9 Å². The van der Waals surface area contributed by atoms with E-state index in [1.165, 1.54) is 6.07 Å². The van der Waals surface area contributed by atoms with E-state index in [0.29, 0.717) is 12.4 Å². The second-order valence-electron chi connectivity index (χ2n) is 2.36. The van der Waals surface area contributed by atoms with Crippen LogP contribution in [0.2, 0.25) is 0 Å². The molecule has 1 rings (SSSR count). The fraction of sp³-hybridized carbons (Fsp3) is 0.222. The van der Waals surface area contributed by atoms with Gasteiger partial charge in [0.05, 0.1) is 12.6 Å². The number of benzene rings is 1. The van der Waals surface area contributed by atoms with Gasteiger partial charge < -0.3 is 14.6 Å². The Morgan fingerprint density at radius 2 is 2.31 bits per heavy atom. The second kappa shape index (κ2) is 4.28. The first-order valence-electron chi connectivity index (χ1n) is 3.79. The quantitative estimate of drug-likeness (QED) is 0.802. The zero-order valence-electron chi connectivity index (χ0n) is 7.04. The van der Waals surface area contributed by atoms with Crippen LogP contribution in [-0.4, -0.2) is 12.6 Å². The molecule has 0 N–H and O–H groups in total. The lowest BCUT2D eigenvalue weighted by Gasteiger charge is -2.10. The van der Waals surface area contributed by atoms with Crippen molar-refractivity contribution < 1.29 is 14.6 Å². The van der Waals surface area contributed by atoms with E-state index in [1.807, 2.05) is 0 Å². The van der Waals surface area contributed by atoms with Crippen LogP contribution in [0.1, 0.15) is 17.3 Å². The van der Waals surface area contributed by atoms with Gasteiger partial charge in [-0.25, -0.2) is 0 Å². The molecule has 0 amide bonds. The maximum Gasteiger partial charge on any atom is 0.129 e. The van der Waals surface area contributed by atoms with Crippen LogP contribution in [0.15, 0.2) is 22.7 Å². The summed E-state index contributed by atoms with van der Waals surface area (Å²) in [6, 6.07) is 4.69. The fourth-order valence-electron chi connectivity index (χ4n) is 0.940. The highest BCUT2D eigenvalue weighted by molar-refractivity contribution is 9.10. The molecule has 1 aromatic rings. The molecule has 0 aliphatic rings. The highest BCUT2D eigenvalue weighted by Gasteiger charge is 2.04. The number of ether oxygens (including phenoxy) is 1. The molecule has 0 radical (unpaired) electrons. The number of rotatable bonds is 3. The molecule has 0 heterocycles. The van der Waals surface area contributed by atoms with Crippen molar-refractivity contribution in [3.63, 3.8) is 0 Å². The van der Waals surface area contributed by atoms with Crippen molar-refractivity contribution in [1.82, 2.24) is 0 Å². The molecule has 0 fully saturated rings. The Labute approximate surface area is 84.5 Å². The molecule has 0 aromatic heterocycles. The van der Waals surface area contributed by atoms with Crippen molar-refractivity contribution >= 4 is 21.9 Å². The minimum Gasteiger partial charge on any atom is -0.545 e. The number of hydrogen-bond donors (Lipinski definition) is 0. The number of halogens is 1. The van der Waals surface area contributed by atoms with Crippen LogP contribution in [0.5, 0.6) is 5.75 Å². The molecule has 0 bridgehead atoms. The van der Waals surface area contributed by atoms with Gasteiger partial charge in [0.15, 0.2) is 0 Å². The summed E-state index contributed by atoms with van der Waals surface area (Å²) in [5.41, 5.74) is 0.0741. The van der Waals surface area contributed by atoms with Gasteiger partial charge in [0, 0.05) is 10.0 Å². The number of carbonyl (C=O) groups excluding carboxylic acids is 1. The third kappa shape index (κ3) is 2.45. The summed E-state index contributed by atoms with van der Waals surface area (Å²) in [4.78, 5) is 10.6. The Hall–Kier alpha value is -1.03. The van der Waals surface area contributed by atoms with E-state index in [4.69, 9.17) is 4.74 Å². The minimum atomic E-state index is -1.23. The lowest BCUT2D eigenvalue weighted by atomic mass is 10.2. The van der Waals surface area contributed by atoms with Crippen LogP contribution in [0.25, 0.3) is 0 Å². The third-order valence-electron chi connectivity index (χ3n) is 1.46. The highest BCUT2D eigenvalue weighted by Crippen LogP contribution is 2.23. The lowest BCUT2D eigenvalue weighted by Crippen LogP contribution is -2.23. The molecule has 70 valence electrons. The van der Waals surface area contributed by atoms with E-state index in [0.717, 1.165) is 4.47 Å². The fourth-order valence-corrected chi connectivity index (χ4v) is 1.28. The number of carboxylic acid groups (broad SMARTS) is 1. The van der Waals surface area contributed by atoms with Gasteiger partial charge in [-0.15, -0.1) is 0 Å². The zero-order valence-corrected chi connectivity index (χ0v) is 8.63. The van der Waals surface area contributed by atoms with E-state index >= 15 is 0 Å². The lowest BCUT2D eigenvalue weighted by molar-refractivity contribution is -0.255. The minimum absolute atomic E-state index is 0.0741. The topological polar surface area (TPSA) is 49.4 Å². The van der Waals surface area contributed by atoms with Crippen LogP contribution in [0.4, 0.5) is 0 Å². The Balaban J connectivity index is 3.10. The number of carbonyl (C=O) groups is 1. The predicted octanol–water partition coefficient (Wildman–Crippen LogP) is 1.21. The molecule has 0 unspecified atom stereocenters. The van der Waals surface area contributed by atoms with Crippen molar-refractivity contribution in [2.75, 3.05) is 6.61 Å². The first-order chi connectivity index (χ1) is 6.15. The number of hydrogen-bond acceptors (Lipinski definition) is 3. The van der Waals surface area contributed by atoms with Gasteiger partial charge in [-0.3, -0.25) is 0 Å². The van der Waals surface area contributed by atoms with E-state index in [2.05, 4.69) is 15.9 Å². The summed E-state index contributed by atoms with van der Waals surface area (Å²) in [5.74, 6) is -0.896. The number of aromatic carboxylic acids is 1.